The average Bonchev–Trinajstić information content (AvgIpc) is 3.30. The Balaban J connectivity index is 0.000000156. The van der Waals surface area contributed by atoms with Crippen LogP contribution in [0.1, 0.15) is 32.9 Å². The smallest absolute Gasteiger partial charge is 0.150 e. The van der Waals surface area contributed by atoms with Gasteiger partial charge in [0.15, 0.2) is 0 Å². The molecule has 0 amide bonds. The van der Waals surface area contributed by atoms with Crippen LogP contribution in [0.3, 0.4) is 0 Å². The average molecular weight is 419 g/mol. The van der Waals surface area contributed by atoms with Crippen LogP contribution in [0.5, 0.6) is 0 Å². The number of aldehydes is 1. The SMILES string of the molecule is Cc1c(Br)ccc2[nH]c(C#N)cc12.Cc1c(C=O)ccc2[nH]c(C#N)cc12. The number of aryl methyl sites for hydroxylation is 2. The van der Waals surface area contributed by atoms with Gasteiger partial charge in [0.2, 0.25) is 0 Å². The van der Waals surface area contributed by atoms with Gasteiger partial charge in [0.25, 0.3) is 0 Å². The van der Waals surface area contributed by atoms with E-state index in [0.29, 0.717) is 17.0 Å². The fourth-order valence-electron chi connectivity index (χ4n) is 2.94. The summed E-state index contributed by atoms with van der Waals surface area (Å²) in [4.78, 5) is 16.7. The molecule has 0 aliphatic rings. The summed E-state index contributed by atoms with van der Waals surface area (Å²) in [6, 6.07) is 15.3. The summed E-state index contributed by atoms with van der Waals surface area (Å²) < 4.78 is 1.07. The normalized spacial score (nSPS) is 10.1. The topological polar surface area (TPSA) is 96.2 Å². The summed E-state index contributed by atoms with van der Waals surface area (Å²) >= 11 is 3.45. The number of carbonyl (C=O) groups excluding carboxylic acids is 1. The Morgan fingerprint density at radius 2 is 1.41 bits per heavy atom. The fourth-order valence-corrected chi connectivity index (χ4v) is 3.28. The molecule has 6 heteroatoms. The highest BCUT2D eigenvalue weighted by molar-refractivity contribution is 9.10. The van der Waals surface area contributed by atoms with E-state index < -0.39 is 0 Å². The van der Waals surface area contributed by atoms with E-state index in [1.54, 1.807) is 12.1 Å². The Bertz CT molecular complexity index is 1250. The molecule has 4 aromatic rings. The number of nitriles is 2. The van der Waals surface area contributed by atoms with Gasteiger partial charge in [-0.3, -0.25) is 4.79 Å². The first-order valence-electron chi connectivity index (χ1n) is 8.14. The number of hydrogen-bond acceptors (Lipinski definition) is 3. The first-order chi connectivity index (χ1) is 13.0. The number of hydrogen-bond donors (Lipinski definition) is 2. The molecule has 0 fully saturated rings. The van der Waals surface area contributed by atoms with Crippen LogP contribution in [0.25, 0.3) is 21.8 Å². The zero-order chi connectivity index (χ0) is 19.6. The summed E-state index contributed by atoms with van der Waals surface area (Å²) in [6.45, 7) is 3.91. The summed E-state index contributed by atoms with van der Waals surface area (Å²) in [5.41, 5.74) is 5.77. The summed E-state index contributed by atoms with van der Waals surface area (Å²) in [7, 11) is 0. The highest BCUT2D eigenvalue weighted by atomic mass is 79.9. The minimum absolute atomic E-state index is 0.520. The monoisotopic (exact) mass is 418 g/mol. The minimum Gasteiger partial charge on any atom is -0.346 e. The fraction of sp³-hybridized carbons (Fsp3) is 0.0952. The molecule has 0 aliphatic heterocycles. The number of carbonyl (C=O) groups is 1. The molecule has 2 aromatic carbocycles. The number of halogens is 1. The number of nitrogens with one attached hydrogen (secondary N) is 2. The van der Waals surface area contributed by atoms with Crippen molar-refractivity contribution in [2.24, 2.45) is 0 Å². The second-order valence-electron chi connectivity index (χ2n) is 6.08. The van der Waals surface area contributed by atoms with Crippen molar-refractivity contribution in [1.29, 1.82) is 10.5 Å². The largest absolute Gasteiger partial charge is 0.346 e. The molecule has 5 nitrogen and oxygen atoms in total. The van der Waals surface area contributed by atoms with Gasteiger partial charge in [-0.15, -0.1) is 0 Å². The van der Waals surface area contributed by atoms with Crippen molar-refractivity contribution in [1.82, 2.24) is 9.97 Å². The maximum absolute atomic E-state index is 10.7. The number of fused-ring (bicyclic) bond motifs is 2. The number of aromatic amines is 2. The molecule has 0 aliphatic carbocycles. The number of rotatable bonds is 1. The summed E-state index contributed by atoms with van der Waals surface area (Å²) in [5, 5.41) is 19.5. The van der Waals surface area contributed by atoms with E-state index in [-0.39, 0.29) is 0 Å². The Labute approximate surface area is 164 Å². The second kappa shape index (κ2) is 7.49. The van der Waals surface area contributed by atoms with Gasteiger partial charge < -0.3 is 9.97 Å². The molecule has 4 rings (SSSR count). The molecule has 0 saturated heterocycles. The van der Waals surface area contributed by atoms with Crippen molar-refractivity contribution < 1.29 is 4.79 Å². The zero-order valence-corrected chi connectivity index (χ0v) is 16.3. The van der Waals surface area contributed by atoms with Gasteiger partial charge in [-0.1, -0.05) is 15.9 Å². The van der Waals surface area contributed by atoms with Gasteiger partial charge in [-0.2, -0.15) is 10.5 Å². The third-order valence-corrected chi connectivity index (χ3v) is 5.35. The van der Waals surface area contributed by atoms with Crippen molar-refractivity contribution in [3.8, 4) is 12.1 Å². The lowest BCUT2D eigenvalue weighted by Gasteiger charge is -1.98. The van der Waals surface area contributed by atoms with Crippen LogP contribution in [0.15, 0.2) is 40.9 Å². The predicted octanol–water partition coefficient (Wildman–Crippen LogP) is 5.27. The van der Waals surface area contributed by atoms with Gasteiger partial charge in [0.1, 0.15) is 29.8 Å². The molecule has 0 radical (unpaired) electrons. The van der Waals surface area contributed by atoms with Gasteiger partial charge in [-0.05, 0) is 61.4 Å². The Morgan fingerprint density at radius 1 is 0.889 bits per heavy atom. The minimum atomic E-state index is 0.520. The van der Waals surface area contributed by atoms with Gasteiger partial charge in [0, 0.05) is 31.8 Å². The third kappa shape index (κ3) is 3.48. The van der Waals surface area contributed by atoms with Gasteiger partial charge in [0.05, 0.1) is 0 Å². The molecule has 27 heavy (non-hydrogen) atoms. The van der Waals surface area contributed by atoms with Crippen LogP contribution in [0.2, 0.25) is 0 Å². The maximum Gasteiger partial charge on any atom is 0.150 e. The molecule has 0 bridgehead atoms. The number of nitrogens with zero attached hydrogens (tertiary/aromatic N) is 2. The lowest BCUT2D eigenvalue weighted by atomic mass is 10.1. The van der Waals surface area contributed by atoms with E-state index in [1.165, 1.54) is 0 Å². The standard InChI is InChI=1S/C11H8N2O.C10H7BrN2/c1-7-8(6-14)2-3-11-10(7)4-9(5-12)13-11;1-6-8-4-7(5-12)13-10(8)3-2-9(6)11/h2-4,6,13H,1H3;2-4,13H,1H3. The van der Waals surface area contributed by atoms with Crippen LogP contribution in [-0.2, 0) is 0 Å². The van der Waals surface area contributed by atoms with Crippen LogP contribution < -0.4 is 0 Å². The van der Waals surface area contributed by atoms with Gasteiger partial charge in [-0.25, -0.2) is 0 Å². The molecular formula is C21H15BrN4O. The van der Waals surface area contributed by atoms with E-state index in [9.17, 15) is 4.79 Å². The van der Waals surface area contributed by atoms with E-state index in [1.807, 2.05) is 44.2 Å². The second-order valence-corrected chi connectivity index (χ2v) is 6.94. The van der Waals surface area contributed by atoms with Crippen LogP contribution >= 0.6 is 15.9 Å². The lowest BCUT2D eigenvalue weighted by Crippen LogP contribution is -1.85. The highest BCUT2D eigenvalue weighted by Crippen LogP contribution is 2.26. The molecular weight excluding hydrogens is 404 g/mol. The third-order valence-electron chi connectivity index (χ3n) is 4.49. The predicted molar refractivity (Wildman–Crippen MR) is 109 cm³/mol. The van der Waals surface area contributed by atoms with Crippen LogP contribution in [-0.4, -0.2) is 16.3 Å². The van der Waals surface area contributed by atoms with E-state index in [2.05, 4.69) is 32.0 Å². The van der Waals surface area contributed by atoms with E-state index in [0.717, 1.165) is 43.7 Å². The Kier molecular flexibility index (Phi) is 5.12. The first-order valence-corrected chi connectivity index (χ1v) is 8.93. The molecule has 2 N–H and O–H groups in total. The van der Waals surface area contributed by atoms with E-state index >= 15 is 0 Å². The molecule has 2 heterocycles. The van der Waals surface area contributed by atoms with Crippen molar-refractivity contribution in [2.75, 3.05) is 0 Å². The molecule has 0 saturated carbocycles. The molecule has 132 valence electrons. The van der Waals surface area contributed by atoms with Gasteiger partial charge >= 0.3 is 0 Å². The highest BCUT2D eigenvalue weighted by Gasteiger charge is 2.06. The maximum atomic E-state index is 10.7. The number of aromatic nitrogens is 2. The Morgan fingerprint density at radius 3 is 1.93 bits per heavy atom. The number of H-pyrrole nitrogens is 2. The molecule has 0 atom stereocenters. The quantitative estimate of drug-likeness (QED) is 0.412. The summed E-state index contributed by atoms with van der Waals surface area (Å²) in [5.74, 6) is 0. The lowest BCUT2D eigenvalue weighted by molar-refractivity contribution is 0.112. The number of benzene rings is 2. The zero-order valence-electron chi connectivity index (χ0n) is 14.7. The molecule has 2 aromatic heterocycles. The molecule has 0 unspecified atom stereocenters. The van der Waals surface area contributed by atoms with E-state index in [4.69, 9.17) is 10.5 Å². The van der Waals surface area contributed by atoms with Crippen molar-refractivity contribution >= 4 is 44.0 Å². The van der Waals surface area contributed by atoms with Crippen molar-refractivity contribution in [3.05, 3.63) is 68.9 Å². The Hall–Kier alpha value is -3.35. The molecule has 0 spiro atoms. The summed E-state index contributed by atoms with van der Waals surface area (Å²) in [6.07, 6.45) is 0.827. The van der Waals surface area contributed by atoms with Crippen LogP contribution in [0, 0.1) is 36.5 Å². The van der Waals surface area contributed by atoms with Crippen LogP contribution in [0.4, 0.5) is 0 Å². The first kappa shape index (κ1) is 18.4. The van der Waals surface area contributed by atoms with Crippen molar-refractivity contribution in [2.45, 2.75) is 13.8 Å². The van der Waals surface area contributed by atoms with Crippen molar-refractivity contribution in [3.63, 3.8) is 0 Å².